The molecule has 19 heteroatoms. The van der Waals surface area contributed by atoms with Gasteiger partial charge in [-0.2, -0.15) is 0 Å². The SMILES string of the molecule is CCCCCCCCCCCCCCCCCCCCCCC(=O)OC[C@H](COP(=O)(O)OC[C@@H](O)COP(=O)(O)OC[C@@H](COC(=O)CCCCCCCCCCCCCCC)OC(=O)CCCCCCCCCCCCCCCCCCC(C)C)OC(=O)CCCCCCCCCCCCCCCCCCCCC(C)CC. The fraction of sp³-hybridized carbons (Fsp3) is 0.958. The van der Waals surface area contributed by atoms with Crippen molar-refractivity contribution in [2.75, 3.05) is 39.6 Å². The number of hydrogen-bond acceptors (Lipinski definition) is 15. The first-order chi connectivity index (χ1) is 55.4. The van der Waals surface area contributed by atoms with Crippen LogP contribution in [-0.2, 0) is 65.4 Å². The summed E-state index contributed by atoms with van der Waals surface area (Å²) in [4.78, 5) is 73.6. The molecular weight excluding hydrogens is 1470 g/mol. The van der Waals surface area contributed by atoms with E-state index in [4.69, 9.17) is 37.0 Å². The van der Waals surface area contributed by atoms with Crippen LogP contribution in [0.2, 0.25) is 0 Å². The van der Waals surface area contributed by atoms with E-state index in [0.29, 0.717) is 25.7 Å². The van der Waals surface area contributed by atoms with Crippen molar-refractivity contribution >= 4 is 39.5 Å². The molecule has 3 N–H and O–H groups in total. The molecule has 0 rings (SSSR count). The molecule has 17 nitrogen and oxygen atoms in total. The molecule has 0 aromatic carbocycles. The molecule has 0 aliphatic heterocycles. The molecule has 6 atom stereocenters. The van der Waals surface area contributed by atoms with Gasteiger partial charge in [0.15, 0.2) is 12.2 Å². The van der Waals surface area contributed by atoms with Crippen LogP contribution < -0.4 is 0 Å². The zero-order valence-corrected chi connectivity index (χ0v) is 77.2. The number of hydrogen-bond donors (Lipinski definition) is 3. The van der Waals surface area contributed by atoms with Gasteiger partial charge < -0.3 is 33.8 Å². The van der Waals surface area contributed by atoms with E-state index in [2.05, 4.69) is 41.5 Å². The summed E-state index contributed by atoms with van der Waals surface area (Å²) in [7, 11) is -9.94. The van der Waals surface area contributed by atoms with E-state index in [1.165, 1.54) is 334 Å². The zero-order chi connectivity index (χ0) is 83.4. The Morgan fingerprint density at radius 2 is 0.447 bits per heavy atom. The molecule has 0 heterocycles. The molecule has 0 aliphatic rings. The van der Waals surface area contributed by atoms with Crippen molar-refractivity contribution in [1.82, 2.24) is 0 Å². The molecule has 0 fully saturated rings. The van der Waals surface area contributed by atoms with Gasteiger partial charge in [0.05, 0.1) is 26.4 Å². The molecule has 0 saturated carbocycles. The molecule has 0 aliphatic carbocycles. The minimum atomic E-state index is -4.97. The Bertz CT molecular complexity index is 2170. The second-order valence-corrected chi connectivity index (χ2v) is 37.7. The number of aliphatic hydroxyl groups excluding tert-OH is 1. The van der Waals surface area contributed by atoms with Gasteiger partial charge in [-0.25, -0.2) is 9.13 Å². The minimum Gasteiger partial charge on any atom is -0.462 e. The standard InChI is InChI=1S/C95H186O17P2/c1-7-10-12-14-16-18-20-22-23-24-25-26-30-36-42-48-54-60-66-72-78-93(98)106-84-91(112-94(99)79-73-67-61-55-49-43-37-31-28-27-29-35-41-46-52-58-64-70-76-88(6)9-3)86-110-114(103,104)108-82-89(96)81-107-113(101,102)109-85-90(83-105-92(97)77-71-65-59-53-47-39-21-19-17-15-13-11-8-2)111-95(100)80-74-68-62-56-50-44-38-33-32-34-40-45-51-57-63-69-75-87(4)5/h87-91,96H,7-86H2,1-6H3,(H,101,102)(H,103,104)/t88?,89-,90+,91+/m0/s1. The Morgan fingerprint density at radius 3 is 0.667 bits per heavy atom. The maximum Gasteiger partial charge on any atom is 0.472 e. The lowest BCUT2D eigenvalue weighted by molar-refractivity contribution is -0.161. The van der Waals surface area contributed by atoms with Crippen molar-refractivity contribution in [3.8, 4) is 0 Å². The molecule has 0 aromatic rings. The largest absolute Gasteiger partial charge is 0.472 e. The van der Waals surface area contributed by atoms with E-state index in [1.807, 2.05) is 0 Å². The second-order valence-electron chi connectivity index (χ2n) is 34.8. The normalized spacial score (nSPS) is 13.9. The Hall–Kier alpha value is -1.94. The number of unbranched alkanes of at least 4 members (excludes halogenated alkanes) is 63. The van der Waals surface area contributed by atoms with Crippen molar-refractivity contribution in [3.63, 3.8) is 0 Å². The smallest absolute Gasteiger partial charge is 0.462 e. The average molecular weight is 1660 g/mol. The van der Waals surface area contributed by atoms with Gasteiger partial charge in [-0.15, -0.1) is 0 Å². The van der Waals surface area contributed by atoms with E-state index in [0.717, 1.165) is 102 Å². The van der Waals surface area contributed by atoms with Crippen molar-refractivity contribution in [2.45, 2.75) is 535 Å². The third kappa shape index (κ3) is 86.4. The summed E-state index contributed by atoms with van der Waals surface area (Å²) in [6.45, 7) is 9.83. The van der Waals surface area contributed by atoms with Crippen LogP contribution in [0.15, 0.2) is 0 Å². The minimum absolute atomic E-state index is 0.109. The maximum absolute atomic E-state index is 13.2. The van der Waals surface area contributed by atoms with Gasteiger partial charge in [0.1, 0.15) is 19.3 Å². The quantitative estimate of drug-likeness (QED) is 0.0222. The molecule has 0 saturated heterocycles. The van der Waals surface area contributed by atoms with Gasteiger partial charge in [0.2, 0.25) is 0 Å². The molecule has 0 spiro atoms. The Kier molecular flexibility index (Phi) is 84.6. The summed E-state index contributed by atoms with van der Waals surface area (Å²) in [6.07, 6.45) is 81.9. The summed E-state index contributed by atoms with van der Waals surface area (Å²) in [5.41, 5.74) is 0. The number of aliphatic hydroxyl groups is 1. The lowest BCUT2D eigenvalue weighted by Gasteiger charge is -2.21. The number of carbonyl (C=O) groups is 4. The topological polar surface area (TPSA) is 237 Å². The molecule has 114 heavy (non-hydrogen) atoms. The highest BCUT2D eigenvalue weighted by Gasteiger charge is 2.31. The van der Waals surface area contributed by atoms with Crippen molar-refractivity contribution in [3.05, 3.63) is 0 Å². The number of carbonyl (C=O) groups excluding carboxylic acids is 4. The highest BCUT2D eigenvalue weighted by Crippen LogP contribution is 2.45. The lowest BCUT2D eigenvalue weighted by Crippen LogP contribution is -2.30. The third-order valence-electron chi connectivity index (χ3n) is 22.8. The van der Waals surface area contributed by atoms with Gasteiger partial charge in [-0.1, -0.05) is 465 Å². The van der Waals surface area contributed by atoms with Crippen molar-refractivity contribution in [2.24, 2.45) is 11.8 Å². The van der Waals surface area contributed by atoms with Crippen LogP contribution in [0.5, 0.6) is 0 Å². The monoisotopic (exact) mass is 1660 g/mol. The van der Waals surface area contributed by atoms with Crippen molar-refractivity contribution < 1.29 is 80.2 Å². The summed E-state index contributed by atoms with van der Waals surface area (Å²) < 4.78 is 69.2. The molecule has 0 radical (unpaired) electrons. The van der Waals surface area contributed by atoms with Crippen LogP contribution in [0.1, 0.15) is 517 Å². The summed E-state index contributed by atoms with van der Waals surface area (Å²) in [5, 5.41) is 10.7. The van der Waals surface area contributed by atoms with E-state index < -0.39 is 97.5 Å². The van der Waals surface area contributed by atoms with Crippen LogP contribution in [0.4, 0.5) is 0 Å². The zero-order valence-electron chi connectivity index (χ0n) is 75.4. The van der Waals surface area contributed by atoms with E-state index in [-0.39, 0.29) is 25.7 Å². The number of phosphoric ester groups is 2. The third-order valence-corrected chi connectivity index (χ3v) is 24.7. The van der Waals surface area contributed by atoms with Crippen LogP contribution in [0, 0.1) is 11.8 Å². The van der Waals surface area contributed by atoms with Gasteiger partial charge in [0, 0.05) is 25.7 Å². The fourth-order valence-corrected chi connectivity index (χ4v) is 16.6. The number of ether oxygens (including phenoxy) is 4. The molecule has 678 valence electrons. The predicted molar refractivity (Wildman–Crippen MR) is 474 cm³/mol. The molecule has 0 amide bonds. The number of rotatable bonds is 94. The van der Waals surface area contributed by atoms with Crippen molar-refractivity contribution in [1.29, 1.82) is 0 Å². The highest BCUT2D eigenvalue weighted by molar-refractivity contribution is 7.47. The average Bonchev–Trinajstić information content (AvgIpc) is 0.896. The maximum atomic E-state index is 13.2. The van der Waals surface area contributed by atoms with E-state index in [1.54, 1.807) is 0 Å². The summed E-state index contributed by atoms with van der Waals surface area (Å²) >= 11 is 0. The first-order valence-electron chi connectivity index (χ1n) is 49.0. The first-order valence-corrected chi connectivity index (χ1v) is 52.0. The lowest BCUT2D eigenvalue weighted by atomic mass is 9.99. The van der Waals surface area contributed by atoms with Crippen LogP contribution in [-0.4, -0.2) is 96.7 Å². The van der Waals surface area contributed by atoms with Gasteiger partial charge in [-0.3, -0.25) is 37.3 Å². The van der Waals surface area contributed by atoms with Crippen LogP contribution in [0.25, 0.3) is 0 Å². The molecular formula is C95H186O17P2. The Balaban J connectivity index is 5.25. The Morgan fingerprint density at radius 1 is 0.254 bits per heavy atom. The van der Waals surface area contributed by atoms with Crippen LogP contribution in [0.3, 0.4) is 0 Å². The predicted octanol–water partition coefficient (Wildman–Crippen LogP) is 29.7. The molecule has 0 aromatic heterocycles. The summed E-state index contributed by atoms with van der Waals surface area (Å²) in [6, 6.07) is 0. The van der Waals surface area contributed by atoms with Gasteiger partial charge >= 0.3 is 39.5 Å². The Labute approximate surface area is 702 Å². The highest BCUT2D eigenvalue weighted by atomic mass is 31.2. The van der Waals surface area contributed by atoms with Gasteiger partial charge in [0.25, 0.3) is 0 Å². The van der Waals surface area contributed by atoms with E-state index in [9.17, 15) is 43.2 Å². The second kappa shape index (κ2) is 86.0. The molecule has 0 bridgehead atoms. The number of esters is 4. The summed E-state index contributed by atoms with van der Waals surface area (Å²) in [5.74, 6) is -0.409. The first kappa shape index (κ1) is 112. The van der Waals surface area contributed by atoms with E-state index >= 15 is 0 Å². The van der Waals surface area contributed by atoms with Gasteiger partial charge in [-0.05, 0) is 37.5 Å². The van der Waals surface area contributed by atoms with Crippen LogP contribution >= 0.6 is 15.6 Å². The fourth-order valence-electron chi connectivity index (χ4n) is 15.0. The number of phosphoric acid groups is 2. The molecule has 3 unspecified atom stereocenters.